The molecule has 0 saturated carbocycles. The van der Waals surface area contributed by atoms with Crippen molar-refractivity contribution in [3.63, 3.8) is 0 Å². The molecule has 0 N–H and O–H groups in total. The first-order chi connectivity index (χ1) is 22.4. The van der Waals surface area contributed by atoms with Crippen LogP contribution in [0.1, 0.15) is 74.0 Å². The maximum atomic E-state index is 13.9. The van der Waals surface area contributed by atoms with Crippen molar-refractivity contribution < 1.29 is 50.1 Å². The van der Waals surface area contributed by atoms with Crippen LogP contribution in [0, 0.1) is 5.92 Å². The number of rotatable bonds is 8. The maximum absolute atomic E-state index is 13.9. The molecule has 0 spiro atoms. The average molecular weight is 678 g/mol. The number of esters is 2. The summed E-state index contributed by atoms with van der Waals surface area (Å²) in [6.07, 6.45) is -12.4. The Morgan fingerprint density at radius 1 is 0.854 bits per heavy atom. The lowest BCUT2D eigenvalue weighted by molar-refractivity contribution is -0.174. The number of carbonyl (C=O) groups excluding carboxylic acids is 2. The van der Waals surface area contributed by atoms with E-state index < -0.39 is 70.2 Å². The number of nitrogens with zero attached hydrogens (tertiary/aromatic N) is 1. The summed E-state index contributed by atoms with van der Waals surface area (Å²) in [6, 6.07) is 19.1. The lowest BCUT2D eigenvalue weighted by atomic mass is 9.78. The van der Waals surface area contributed by atoms with E-state index in [4.69, 9.17) is 14.2 Å². The number of piperidine rings is 1. The van der Waals surface area contributed by atoms with Crippen LogP contribution in [0.4, 0.5) is 26.3 Å². The number of hydrogen-bond donors (Lipinski definition) is 0. The number of fused-ring (bicyclic) bond motifs is 2. The van der Waals surface area contributed by atoms with Crippen molar-refractivity contribution in [1.29, 1.82) is 0 Å². The quantitative estimate of drug-likeness (QED) is 0.177. The molecule has 2 saturated heterocycles. The fraction of sp³-hybridized carbons (Fsp3) is 0.444. The molecule has 0 radical (unpaired) electrons. The third kappa shape index (κ3) is 7.24. The second-order valence-corrected chi connectivity index (χ2v) is 13.3. The van der Waals surface area contributed by atoms with E-state index >= 15 is 0 Å². The molecule has 6 nitrogen and oxygen atoms in total. The molecule has 2 aliphatic heterocycles. The van der Waals surface area contributed by atoms with Crippen molar-refractivity contribution in [1.82, 2.24) is 4.90 Å². The molecule has 2 fully saturated rings. The van der Waals surface area contributed by atoms with Gasteiger partial charge in [-0.2, -0.15) is 26.3 Å². The second-order valence-electron chi connectivity index (χ2n) is 13.3. The number of halogens is 6. The molecule has 12 heteroatoms. The third-order valence-corrected chi connectivity index (χ3v) is 8.97. The van der Waals surface area contributed by atoms with Gasteiger partial charge in [0.2, 0.25) is 0 Å². The zero-order valence-electron chi connectivity index (χ0n) is 26.9. The molecule has 3 aromatic rings. The Balaban J connectivity index is 1.67. The second kappa shape index (κ2) is 13.2. The van der Waals surface area contributed by atoms with Crippen LogP contribution >= 0.6 is 0 Å². The molecule has 258 valence electrons. The minimum Gasteiger partial charge on any atom is -0.467 e. The summed E-state index contributed by atoms with van der Waals surface area (Å²) in [5.41, 5.74) is -4.11. The van der Waals surface area contributed by atoms with Gasteiger partial charge in [-0.25, -0.2) is 4.79 Å². The number of hydrogen-bond acceptors (Lipinski definition) is 6. The SMILES string of the molecule is COC(=O)[C@@H](OC1CCC2C(C(=O)OC(C)(C)C)CC1(c1ccccc1)N2Cc1ccccc1)c1cc(C(F)(F)F)cc(C(F)(F)F)c1. The number of carbonyl (C=O) groups is 2. The van der Waals surface area contributed by atoms with Gasteiger partial charge in [-0.15, -0.1) is 0 Å². The van der Waals surface area contributed by atoms with Crippen LogP contribution in [0.3, 0.4) is 0 Å². The molecule has 0 aromatic heterocycles. The van der Waals surface area contributed by atoms with Gasteiger partial charge in [0, 0.05) is 12.6 Å². The number of benzene rings is 3. The summed E-state index contributed by atoms with van der Waals surface area (Å²) < 4.78 is 100. The van der Waals surface area contributed by atoms with E-state index in [2.05, 4.69) is 4.90 Å². The first-order valence-corrected chi connectivity index (χ1v) is 15.6. The van der Waals surface area contributed by atoms with Crippen LogP contribution in [0.15, 0.2) is 78.9 Å². The zero-order chi connectivity index (χ0) is 35.1. The highest BCUT2D eigenvalue weighted by molar-refractivity contribution is 5.77. The van der Waals surface area contributed by atoms with E-state index in [-0.39, 0.29) is 24.9 Å². The van der Waals surface area contributed by atoms with Gasteiger partial charge < -0.3 is 14.2 Å². The van der Waals surface area contributed by atoms with Crippen molar-refractivity contribution in [3.8, 4) is 0 Å². The molecule has 5 atom stereocenters. The Labute approximate surface area is 275 Å². The summed E-state index contributed by atoms with van der Waals surface area (Å²) in [4.78, 5) is 29.1. The van der Waals surface area contributed by atoms with Crippen LogP contribution in [0.5, 0.6) is 0 Å². The van der Waals surface area contributed by atoms with Gasteiger partial charge in [0.1, 0.15) is 5.60 Å². The highest BCUT2D eigenvalue weighted by atomic mass is 19.4. The van der Waals surface area contributed by atoms with Crippen molar-refractivity contribution >= 4 is 11.9 Å². The Bertz CT molecular complexity index is 1570. The Morgan fingerprint density at radius 2 is 1.42 bits per heavy atom. The van der Waals surface area contributed by atoms with Crippen LogP contribution in [0.25, 0.3) is 0 Å². The van der Waals surface area contributed by atoms with Crippen LogP contribution in [-0.2, 0) is 48.2 Å². The van der Waals surface area contributed by atoms with Gasteiger partial charge in [0.15, 0.2) is 6.10 Å². The fourth-order valence-electron chi connectivity index (χ4n) is 7.04. The van der Waals surface area contributed by atoms with E-state index in [1.165, 1.54) is 0 Å². The minimum absolute atomic E-state index is 0.00149. The molecule has 2 heterocycles. The van der Waals surface area contributed by atoms with Gasteiger partial charge in [-0.1, -0.05) is 60.7 Å². The van der Waals surface area contributed by atoms with Crippen molar-refractivity contribution in [2.24, 2.45) is 5.92 Å². The van der Waals surface area contributed by atoms with Crippen LogP contribution in [0.2, 0.25) is 0 Å². The molecular weight excluding hydrogens is 640 g/mol. The highest BCUT2D eigenvalue weighted by Crippen LogP contribution is 2.56. The summed E-state index contributed by atoms with van der Waals surface area (Å²) in [6.45, 7) is 5.62. The number of methoxy groups -OCH3 is 1. The summed E-state index contributed by atoms with van der Waals surface area (Å²) >= 11 is 0. The molecule has 3 aromatic carbocycles. The average Bonchev–Trinajstić information content (AvgIpc) is 3.23. The maximum Gasteiger partial charge on any atom is 0.416 e. The Kier molecular flexibility index (Phi) is 9.73. The van der Waals surface area contributed by atoms with Crippen LogP contribution < -0.4 is 0 Å². The van der Waals surface area contributed by atoms with Crippen molar-refractivity contribution in [3.05, 3.63) is 107 Å². The van der Waals surface area contributed by atoms with E-state index in [1.807, 2.05) is 42.5 Å². The number of alkyl halides is 6. The lowest BCUT2D eigenvalue weighted by Gasteiger charge is -2.50. The molecule has 0 amide bonds. The third-order valence-electron chi connectivity index (χ3n) is 8.97. The molecule has 2 bridgehead atoms. The fourth-order valence-corrected chi connectivity index (χ4v) is 7.04. The zero-order valence-corrected chi connectivity index (χ0v) is 26.9. The van der Waals surface area contributed by atoms with Crippen molar-refractivity contribution in [2.75, 3.05) is 7.11 Å². The monoisotopic (exact) mass is 677 g/mol. The molecule has 5 rings (SSSR count). The molecule has 2 aliphatic rings. The van der Waals surface area contributed by atoms with Crippen molar-refractivity contribution in [2.45, 2.75) is 88.3 Å². The van der Waals surface area contributed by atoms with E-state index in [9.17, 15) is 35.9 Å². The Morgan fingerprint density at radius 3 is 1.94 bits per heavy atom. The van der Waals surface area contributed by atoms with E-state index in [1.54, 1.807) is 39.0 Å². The standard InChI is InChI=1S/C36H37F6NO5/c1-33(2,3)48-31(44)27-20-34(24-13-9-6-10-14-24)29(16-15-28(27)43(34)21-22-11-7-5-8-12-22)47-30(32(45)46-4)23-17-25(35(37,38)39)19-26(18-23)36(40,41)42/h5-14,17-19,27-30H,15-16,20-21H2,1-4H3/t27?,28?,29?,30-,34?/m0/s1. The lowest BCUT2D eigenvalue weighted by Crippen LogP contribution is -2.57. The summed E-state index contributed by atoms with van der Waals surface area (Å²) in [7, 11) is 0.983. The van der Waals surface area contributed by atoms with Gasteiger partial charge in [-0.3, -0.25) is 9.69 Å². The molecular formula is C36H37F6NO5. The van der Waals surface area contributed by atoms with Gasteiger partial charge in [0.05, 0.1) is 35.8 Å². The smallest absolute Gasteiger partial charge is 0.416 e. The molecule has 0 aliphatic carbocycles. The largest absolute Gasteiger partial charge is 0.467 e. The van der Waals surface area contributed by atoms with Crippen LogP contribution in [-0.4, -0.2) is 41.7 Å². The summed E-state index contributed by atoms with van der Waals surface area (Å²) in [5.74, 6) is -2.24. The van der Waals surface area contributed by atoms with E-state index in [0.29, 0.717) is 30.7 Å². The minimum atomic E-state index is -5.14. The van der Waals surface area contributed by atoms with Gasteiger partial charge in [0.25, 0.3) is 0 Å². The first-order valence-electron chi connectivity index (χ1n) is 15.6. The normalized spacial score (nSPS) is 23.8. The topological polar surface area (TPSA) is 65.1 Å². The Hall–Kier alpha value is -3.90. The predicted octanol–water partition coefficient (Wildman–Crippen LogP) is 8.25. The molecule has 4 unspecified atom stereocenters. The predicted molar refractivity (Wildman–Crippen MR) is 163 cm³/mol. The van der Waals surface area contributed by atoms with E-state index in [0.717, 1.165) is 12.7 Å². The van der Waals surface area contributed by atoms with Gasteiger partial charge in [-0.05, 0) is 74.9 Å². The highest BCUT2D eigenvalue weighted by Gasteiger charge is 2.62. The van der Waals surface area contributed by atoms with Gasteiger partial charge >= 0.3 is 24.3 Å². The number of ether oxygens (including phenoxy) is 3. The first kappa shape index (κ1) is 35.4. The molecule has 48 heavy (non-hydrogen) atoms. The summed E-state index contributed by atoms with van der Waals surface area (Å²) in [5, 5.41) is 0.